The largest absolute Gasteiger partial charge is 0.357 e. The van der Waals surface area contributed by atoms with Gasteiger partial charge in [-0.3, -0.25) is 4.79 Å². The van der Waals surface area contributed by atoms with Crippen molar-refractivity contribution < 1.29 is 4.79 Å². The summed E-state index contributed by atoms with van der Waals surface area (Å²) in [5.41, 5.74) is 2.70. The highest BCUT2D eigenvalue weighted by molar-refractivity contribution is 6.35. The molecule has 150 valence electrons. The lowest BCUT2D eigenvalue weighted by atomic mass is 10.1. The van der Waals surface area contributed by atoms with Crippen LogP contribution in [0.15, 0.2) is 47.5 Å². The Bertz CT molecular complexity index is 837. The van der Waals surface area contributed by atoms with E-state index in [4.69, 9.17) is 23.2 Å². The molecule has 0 radical (unpaired) electrons. The maximum Gasteiger partial charge on any atom is 0.253 e. The molecule has 2 aromatic carbocycles. The fourth-order valence-electron chi connectivity index (χ4n) is 2.60. The summed E-state index contributed by atoms with van der Waals surface area (Å²) < 4.78 is 0. The predicted molar refractivity (Wildman–Crippen MR) is 117 cm³/mol. The van der Waals surface area contributed by atoms with Crippen LogP contribution in [-0.4, -0.2) is 44.0 Å². The Morgan fingerprint density at radius 3 is 2.57 bits per heavy atom. The fraction of sp³-hybridized carbons (Fsp3) is 0.333. The molecule has 2 N–H and O–H groups in total. The van der Waals surface area contributed by atoms with Crippen molar-refractivity contribution in [1.29, 1.82) is 0 Å². The predicted octanol–water partition coefficient (Wildman–Crippen LogP) is 3.99. The molecule has 0 aliphatic rings. The van der Waals surface area contributed by atoms with Crippen LogP contribution in [0.5, 0.6) is 0 Å². The average Bonchev–Trinajstić information content (AvgIpc) is 2.66. The van der Waals surface area contributed by atoms with E-state index in [0.717, 1.165) is 24.1 Å². The van der Waals surface area contributed by atoms with Crippen LogP contribution in [0.2, 0.25) is 10.0 Å². The summed E-state index contributed by atoms with van der Waals surface area (Å²) in [5.74, 6) is 0.721. The summed E-state index contributed by atoms with van der Waals surface area (Å²) in [7, 11) is 3.51. The average molecular weight is 421 g/mol. The normalized spacial score (nSPS) is 11.2. The molecular weight excluding hydrogens is 395 g/mol. The van der Waals surface area contributed by atoms with Crippen molar-refractivity contribution in [3.05, 3.63) is 69.2 Å². The Kier molecular flexibility index (Phi) is 8.61. The van der Waals surface area contributed by atoms with Crippen molar-refractivity contribution in [3.8, 4) is 0 Å². The second-order valence-electron chi connectivity index (χ2n) is 6.51. The second-order valence-corrected chi connectivity index (χ2v) is 7.35. The SMILES string of the molecule is CCNC(=NCc1ccc(Cl)cc1Cl)NCCc1cccc(C(=O)N(C)C)c1. The van der Waals surface area contributed by atoms with Gasteiger partial charge < -0.3 is 15.5 Å². The Balaban J connectivity index is 1.96. The van der Waals surface area contributed by atoms with Crippen LogP contribution in [0.25, 0.3) is 0 Å². The third-order valence-electron chi connectivity index (χ3n) is 4.05. The number of hydrogen-bond donors (Lipinski definition) is 2. The molecule has 0 fully saturated rings. The topological polar surface area (TPSA) is 56.7 Å². The molecule has 0 saturated carbocycles. The zero-order chi connectivity index (χ0) is 20.5. The first-order chi connectivity index (χ1) is 13.4. The van der Waals surface area contributed by atoms with Crippen LogP contribution in [-0.2, 0) is 13.0 Å². The van der Waals surface area contributed by atoms with Crippen molar-refractivity contribution in [2.75, 3.05) is 27.2 Å². The van der Waals surface area contributed by atoms with Crippen LogP contribution in [0.1, 0.15) is 28.4 Å². The number of aliphatic imine (C=N–C) groups is 1. The van der Waals surface area contributed by atoms with Gasteiger partial charge >= 0.3 is 0 Å². The number of carbonyl (C=O) groups excluding carboxylic acids is 1. The van der Waals surface area contributed by atoms with E-state index < -0.39 is 0 Å². The van der Waals surface area contributed by atoms with E-state index in [9.17, 15) is 4.79 Å². The van der Waals surface area contributed by atoms with E-state index in [1.165, 1.54) is 0 Å². The molecule has 2 rings (SSSR count). The maximum atomic E-state index is 12.1. The van der Waals surface area contributed by atoms with Crippen molar-refractivity contribution in [2.45, 2.75) is 19.9 Å². The summed E-state index contributed by atoms with van der Waals surface area (Å²) in [6.07, 6.45) is 0.778. The van der Waals surface area contributed by atoms with Gasteiger partial charge in [0.25, 0.3) is 5.91 Å². The molecule has 5 nitrogen and oxygen atoms in total. The minimum atomic E-state index is 0.00422. The number of halogens is 2. The first kappa shape index (κ1) is 22.1. The standard InChI is InChI=1S/C21H26Cl2N4O/c1-4-24-21(26-14-17-8-9-18(22)13-19(17)23)25-11-10-15-6-5-7-16(12-15)20(28)27(2)3/h5-9,12-13H,4,10-11,14H2,1-3H3,(H2,24,25,26). The maximum absolute atomic E-state index is 12.1. The van der Waals surface area contributed by atoms with Crippen molar-refractivity contribution in [1.82, 2.24) is 15.5 Å². The molecule has 1 amide bonds. The number of carbonyl (C=O) groups is 1. The number of guanidine groups is 1. The van der Waals surface area contributed by atoms with Crippen molar-refractivity contribution >= 4 is 35.1 Å². The smallest absolute Gasteiger partial charge is 0.253 e. The van der Waals surface area contributed by atoms with Crippen LogP contribution in [0.3, 0.4) is 0 Å². The minimum Gasteiger partial charge on any atom is -0.357 e. The molecule has 0 atom stereocenters. The first-order valence-electron chi connectivity index (χ1n) is 9.17. The molecule has 0 bridgehead atoms. The monoisotopic (exact) mass is 420 g/mol. The van der Waals surface area contributed by atoms with Gasteiger partial charge in [-0.05, 0) is 48.7 Å². The number of amides is 1. The third-order valence-corrected chi connectivity index (χ3v) is 4.64. The molecule has 0 saturated heterocycles. The van der Waals surface area contributed by atoms with E-state index in [-0.39, 0.29) is 5.91 Å². The Morgan fingerprint density at radius 2 is 1.89 bits per heavy atom. The second kappa shape index (κ2) is 10.9. The Labute approximate surface area is 176 Å². The van der Waals surface area contributed by atoms with Gasteiger partial charge in [0.2, 0.25) is 0 Å². The van der Waals surface area contributed by atoms with E-state index >= 15 is 0 Å². The first-order valence-corrected chi connectivity index (χ1v) is 9.93. The quantitative estimate of drug-likeness (QED) is 0.525. The van der Waals surface area contributed by atoms with Gasteiger partial charge in [0.15, 0.2) is 5.96 Å². The van der Waals surface area contributed by atoms with Crippen LogP contribution < -0.4 is 10.6 Å². The summed E-state index contributed by atoms with van der Waals surface area (Å²) in [5, 5.41) is 7.75. The highest BCUT2D eigenvalue weighted by Gasteiger charge is 2.08. The van der Waals surface area contributed by atoms with E-state index in [1.807, 2.05) is 37.3 Å². The number of benzene rings is 2. The lowest BCUT2D eigenvalue weighted by Gasteiger charge is -2.13. The highest BCUT2D eigenvalue weighted by Crippen LogP contribution is 2.21. The third kappa shape index (κ3) is 6.73. The van der Waals surface area contributed by atoms with Gasteiger partial charge in [-0.2, -0.15) is 0 Å². The molecule has 0 heterocycles. The number of nitrogens with zero attached hydrogens (tertiary/aromatic N) is 2. The lowest BCUT2D eigenvalue weighted by Crippen LogP contribution is -2.38. The molecule has 0 spiro atoms. The number of nitrogens with one attached hydrogen (secondary N) is 2. The van der Waals surface area contributed by atoms with Gasteiger partial charge in [-0.15, -0.1) is 0 Å². The summed E-state index contributed by atoms with van der Waals surface area (Å²) in [6.45, 7) is 3.92. The molecule has 0 aromatic heterocycles. The van der Waals surface area contributed by atoms with E-state index in [2.05, 4.69) is 15.6 Å². The summed E-state index contributed by atoms with van der Waals surface area (Å²) >= 11 is 12.1. The van der Waals surface area contributed by atoms with Crippen molar-refractivity contribution in [3.63, 3.8) is 0 Å². The lowest BCUT2D eigenvalue weighted by molar-refractivity contribution is 0.0827. The molecule has 7 heteroatoms. The van der Waals surface area contributed by atoms with Gasteiger partial charge in [-0.1, -0.05) is 41.4 Å². The van der Waals surface area contributed by atoms with Crippen molar-refractivity contribution in [2.24, 2.45) is 4.99 Å². The van der Waals surface area contributed by atoms with Crippen LogP contribution in [0.4, 0.5) is 0 Å². The Hall–Kier alpha value is -2.24. The minimum absolute atomic E-state index is 0.00422. The number of hydrogen-bond acceptors (Lipinski definition) is 2. The molecule has 2 aromatic rings. The summed E-state index contributed by atoms with van der Waals surface area (Å²) in [6, 6.07) is 13.1. The van der Waals surface area contributed by atoms with E-state index in [1.54, 1.807) is 31.1 Å². The molecular formula is C21H26Cl2N4O. The summed E-state index contributed by atoms with van der Waals surface area (Å²) in [4.78, 5) is 18.3. The zero-order valence-electron chi connectivity index (χ0n) is 16.4. The molecule has 28 heavy (non-hydrogen) atoms. The van der Waals surface area contributed by atoms with Gasteiger partial charge in [0.05, 0.1) is 6.54 Å². The van der Waals surface area contributed by atoms with Crippen LogP contribution in [0, 0.1) is 0 Å². The van der Waals surface area contributed by atoms with Gasteiger partial charge in [-0.25, -0.2) is 4.99 Å². The molecule has 0 aliphatic carbocycles. The van der Waals surface area contributed by atoms with Gasteiger partial charge in [0, 0.05) is 42.8 Å². The highest BCUT2D eigenvalue weighted by atomic mass is 35.5. The fourth-order valence-corrected chi connectivity index (χ4v) is 3.07. The molecule has 0 unspecified atom stereocenters. The van der Waals surface area contributed by atoms with Crippen LogP contribution >= 0.6 is 23.2 Å². The zero-order valence-corrected chi connectivity index (χ0v) is 17.9. The van der Waals surface area contributed by atoms with Gasteiger partial charge in [0.1, 0.15) is 0 Å². The number of rotatable bonds is 7. The Morgan fingerprint density at radius 1 is 1.11 bits per heavy atom. The molecule has 0 aliphatic heterocycles. The van der Waals surface area contributed by atoms with E-state index in [0.29, 0.717) is 34.7 Å².